The molecule has 2 amide bonds. The topological polar surface area (TPSA) is 135 Å². The van der Waals surface area contributed by atoms with Crippen LogP contribution >= 0.6 is 0 Å². The smallest absolute Gasteiger partial charge is 0.316 e. The van der Waals surface area contributed by atoms with E-state index in [0.29, 0.717) is 16.7 Å². The fourth-order valence-electron chi connectivity index (χ4n) is 3.38. The van der Waals surface area contributed by atoms with Crippen LogP contribution in [0.5, 0.6) is 5.75 Å². The van der Waals surface area contributed by atoms with Gasteiger partial charge in [0.05, 0.1) is 6.61 Å². The highest BCUT2D eigenvalue weighted by atomic mass is 16.5. The third-order valence-corrected chi connectivity index (χ3v) is 4.76. The molecule has 0 radical (unpaired) electrons. The number of carbonyl (C=O) groups excluding carboxylic acids is 2. The van der Waals surface area contributed by atoms with Gasteiger partial charge in [0.1, 0.15) is 29.7 Å². The highest BCUT2D eigenvalue weighted by Gasteiger charge is 2.29. The number of hydrogen-bond acceptors (Lipinski definition) is 6. The van der Waals surface area contributed by atoms with Gasteiger partial charge >= 0.3 is 6.03 Å². The van der Waals surface area contributed by atoms with E-state index in [0.717, 1.165) is 32.1 Å². The Bertz CT molecular complexity index is 825. The summed E-state index contributed by atoms with van der Waals surface area (Å²) in [6.45, 7) is -0.505. The fourth-order valence-corrected chi connectivity index (χ4v) is 3.38. The molecular formula is C19H24N2O6. The first-order chi connectivity index (χ1) is 13.0. The molecule has 1 aromatic heterocycles. The third-order valence-electron chi connectivity index (χ3n) is 4.76. The Morgan fingerprint density at radius 2 is 2.04 bits per heavy atom. The summed E-state index contributed by atoms with van der Waals surface area (Å²) in [5.74, 6) is 0.249. The van der Waals surface area contributed by atoms with Crippen molar-refractivity contribution in [3.8, 4) is 5.75 Å². The minimum atomic E-state index is -1.00. The predicted molar refractivity (Wildman–Crippen MR) is 98.9 cm³/mol. The minimum absolute atomic E-state index is 0.0910. The maximum Gasteiger partial charge on any atom is 0.316 e. The number of ether oxygens (including phenoxy) is 1. The number of Topliss-reactive ketones (excluding diaryl/α,β-unsaturated/α-hetero) is 1. The number of rotatable bonds is 7. The number of amides is 2. The fraction of sp³-hybridized carbons (Fsp3) is 0.474. The first-order valence-corrected chi connectivity index (χ1v) is 9.08. The third kappa shape index (κ3) is 4.40. The number of carbonyl (C=O) groups is 2. The number of nitrogens with one attached hydrogen (secondary N) is 1. The van der Waals surface area contributed by atoms with Crippen LogP contribution in [0.25, 0.3) is 11.0 Å². The van der Waals surface area contributed by atoms with Crippen molar-refractivity contribution in [1.29, 1.82) is 0 Å². The first-order valence-electron chi connectivity index (χ1n) is 9.08. The van der Waals surface area contributed by atoms with Crippen LogP contribution in [-0.4, -0.2) is 41.3 Å². The highest BCUT2D eigenvalue weighted by Crippen LogP contribution is 2.37. The number of urea groups is 1. The van der Waals surface area contributed by atoms with E-state index in [2.05, 4.69) is 5.32 Å². The Labute approximate surface area is 156 Å². The monoisotopic (exact) mass is 376 g/mol. The quantitative estimate of drug-likeness (QED) is 0.548. The Morgan fingerprint density at radius 3 is 2.70 bits per heavy atom. The second kappa shape index (κ2) is 8.41. The van der Waals surface area contributed by atoms with Gasteiger partial charge in [-0.15, -0.1) is 0 Å². The standard InChI is InChI=1S/C19H24N2O6/c20-19(25)21-16-14-8-13(26-10-12(23)9-22)6-7-15(14)27-18(16)17(24)11-4-2-1-3-5-11/h6-8,11-12,22-23H,1-5,9-10H2,(H3,20,21,25). The lowest BCUT2D eigenvalue weighted by atomic mass is 9.85. The Balaban J connectivity index is 1.95. The summed E-state index contributed by atoms with van der Waals surface area (Å²) in [5, 5.41) is 21.3. The lowest BCUT2D eigenvalue weighted by Crippen LogP contribution is -2.23. The van der Waals surface area contributed by atoms with Gasteiger partial charge in [0.2, 0.25) is 5.78 Å². The molecule has 146 valence electrons. The van der Waals surface area contributed by atoms with Crippen molar-refractivity contribution in [3.63, 3.8) is 0 Å². The predicted octanol–water partition coefficient (Wildman–Crippen LogP) is 2.42. The second-order valence-corrected chi connectivity index (χ2v) is 6.80. The number of aliphatic hydroxyl groups is 2. The molecule has 0 saturated heterocycles. The van der Waals surface area contributed by atoms with Gasteiger partial charge < -0.3 is 30.4 Å². The molecule has 1 unspecified atom stereocenters. The van der Waals surface area contributed by atoms with Crippen LogP contribution in [-0.2, 0) is 0 Å². The number of primary amides is 1. The SMILES string of the molecule is NC(=O)Nc1c(C(=O)C2CCCCC2)oc2ccc(OCC(O)CO)cc12. The molecule has 8 heteroatoms. The number of benzene rings is 1. The van der Waals surface area contributed by atoms with Gasteiger partial charge in [0, 0.05) is 11.3 Å². The molecule has 1 aromatic carbocycles. The molecule has 1 heterocycles. The van der Waals surface area contributed by atoms with E-state index < -0.39 is 18.7 Å². The van der Waals surface area contributed by atoms with Crippen molar-refractivity contribution in [1.82, 2.24) is 0 Å². The number of aliphatic hydroxyl groups excluding tert-OH is 2. The van der Waals surface area contributed by atoms with E-state index in [9.17, 15) is 14.7 Å². The molecule has 2 aromatic rings. The summed E-state index contributed by atoms with van der Waals surface area (Å²) in [5.41, 5.74) is 5.94. The Kier molecular flexibility index (Phi) is 5.98. The van der Waals surface area contributed by atoms with Gasteiger partial charge in [0.25, 0.3) is 0 Å². The number of fused-ring (bicyclic) bond motifs is 1. The van der Waals surface area contributed by atoms with Gasteiger partial charge in [-0.25, -0.2) is 4.79 Å². The molecule has 1 aliphatic rings. The number of nitrogens with two attached hydrogens (primary N) is 1. The summed E-state index contributed by atoms with van der Waals surface area (Å²) >= 11 is 0. The van der Waals surface area contributed by atoms with Crippen LogP contribution in [0.1, 0.15) is 42.7 Å². The second-order valence-electron chi connectivity index (χ2n) is 6.80. The first kappa shape index (κ1) is 19.2. The summed E-state index contributed by atoms with van der Waals surface area (Å²) in [6, 6.07) is 4.06. The van der Waals surface area contributed by atoms with E-state index in [1.54, 1.807) is 18.2 Å². The summed E-state index contributed by atoms with van der Waals surface area (Å²) in [4.78, 5) is 24.4. The number of hydrogen-bond donors (Lipinski definition) is 4. The van der Waals surface area contributed by atoms with Crippen molar-refractivity contribution in [2.75, 3.05) is 18.5 Å². The van der Waals surface area contributed by atoms with Crippen molar-refractivity contribution < 1.29 is 29.0 Å². The maximum atomic E-state index is 12.9. The molecule has 0 bridgehead atoms. The van der Waals surface area contributed by atoms with Crippen LogP contribution < -0.4 is 15.8 Å². The average molecular weight is 376 g/mol. The van der Waals surface area contributed by atoms with E-state index >= 15 is 0 Å². The van der Waals surface area contributed by atoms with Crippen LogP contribution in [0.15, 0.2) is 22.6 Å². The zero-order valence-corrected chi connectivity index (χ0v) is 14.9. The molecule has 0 spiro atoms. The molecule has 1 aliphatic carbocycles. The molecule has 3 rings (SSSR count). The lowest BCUT2D eigenvalue weighted by molar-refractivity contribution is 0.0536. The molecule has 5 N–H and O–H groups in total. The summed E-state index contributed by atoms with van der Waals surface area (Å²) < 4.78 is 11.2. The molecule has 27 heavy (non-hydrogen) atoms. The van der Waals surface area contributed by atoms with Crippen LogP contribution in [0.2, 0.25) is 0 Å². The van der Waals surface area contributed by atoms with Gasteiger partial charge in [-0.1, -0.05) is 19.3 Å². The summed E-state index contributed by atoms with van der Waals surface area (Å²) in [6.07, 6.45) is 3.73. The molecule has 1 fully saturated rings. The van der Waals surface area contributed by atoms with Gasteiger partial charge in [-0.05, 0) is 31.0 Å². The van der Waals surface area contributed by atoms with Crippen molar-refractivity contribution in [2.24, 2.45) is 11.7 Å². The highest BCUT2D eigenvalue weighted by molar-refractivity contribution is 6.11. The lowest BCUT2D eigenvalue weighted by Gasteiger charge is -2.19. The van der Waals surface area contributed by atoms with Crippen LogP contribution in [0.3, 0.4) is 0 Å². The van der Waals surface area contributed by atoms with E-state index in [-0.39, 0.29) is 29.8 Å². The van der Waals surface area contributed by atoms with E-state index in [1.165, 1.54) is 0 Å². The number of ketones is 1. The molecule has 8 nitrogen and oxygen atoms in total. The van der Waals surface area contributed by atoms with Gasteiger partial charge in [-0.3, -0.25) is 4.79 Å². The van der Waals surface area contributed by atoms with Crippen molar-refractivity contribution in [2.45, 2.75) is 38.2 Å². The molecular weight excluding hydrogens is 352 g/mol. The zero-order valence-electron chi connectivity index (χ0n) is 14.9. The number of furan rings is 1. The van der Waals surface area contributed by atoms with Crippen LogP contribution in [0.4, 0.5) is 10.5 Å². The van der Waals surface area contributed by atoms with Gasteiger partial charge in [0.15, 0.2) is 5.76 Å². The van der Waals surface area contributed by atoms with Crippen LogP contribution in [0, 0.1) is 5.92 Å². The molecule has 1 saturated carbocycles. The van der Waals surface area contributed by atoms with E-state index in [1.807, 2.05) is 0 Å². The normalized spacial score (nSPS) is 16.2. The number of anilines is 1. The average Bonchev–Trinajstić information content (AvgIpc) is 3.03. The van der Waals surface area contributed by atoms with Gasteiger partial charge in [-0.2, -0.15) is 0 Å². The minimum Gasteiger partial charge on any atom is -0.491 e. The van der Waals surface area contributed by atoms with E-state index in [4.69, 9.17) is 20.0 Å². The maximum absolute atomic E-state index is 12.9. The Hall–Kier alpha value is -2.58. The largest absolute Gasteiger partial charge is 0.491 e. The summed E-state index contributed by atoms with van der Waals surface area (Å²) in [7, 11) is 0. The Morgan fingerprint density at radius 1 is 1.30 bits per heavy atom. The molecule has 1 atom stereocenters. The molecule has 0 aliphatic heterocycles. The zero-order chi connectivity index (χ0) is 19.4. The van der Waals surface area contributed by atoms with Crippen molar-refractivity contribution in [3.05, 3.63) is 24.0 Å². The van der Waals surface area contributed by atoms with Crippen molar-refractivity contribution >= 4 is 28.5 Å².